The van der Waals surface area contributed by atoms with Crippen molar-refractivity contribution in [2.45, 2.75) is 32.7 Å². The summed E-state index contributed by atoms with van der Waals surface area (Å²) in [5.74, 6) is 0.0242. The van der Waals surface area contributed by atoms with Gasteiger partial charge in [-0.15, -0.1) is 0 Å². The third-order valence-electron chi connectivity index (χ3n) is 2.21. The van der Waals surface area contributed by atoms with Crippen LogP contribution in [0.3, 0.4) is 0 Å². The summed E-state index contributed by atoms with van der Waals surface area (Å²) >= 11 is 0. The van der Waals surface area contributed by atoms with Gasteiger partial charge in [0.25, 0.3) is 0 Å². The van der Waals surface area contributed by atoms with E-state index in [1.165, 1.54) is 6.92 Å². The predicted molar refractivity (Wildman–Crippen MR) is 69.2 cm³/mol. The maximum Gasteiger partial charge on any atom is 0.186 e. The molecule has 0 heterocycles. The van der Waals surface area contributed by atoms with Crippen molar-refractivity contribution < 1.29 is 9.22 Å². The van der Waals surface area contributed by atoms with Crippen LogP contribution in [0, 0.1) is 11.3 Å². The van der Waals surface area contributed by atoms with Gasteiger partial charge in [0.15, 0.2) is 20.2 Å². The third kappa shape index (κ3) is 4.14. The lowest BCUT2D eigenvalue weighted by atomic mass is 10.1. The summed E-state index contributed by atoms with van der Waals surface area (Å²) in [7, 11) is -1.75. The van der Waals surface area contributed by atoms with Crippen LogP contribution in [0.5, 0.6) is 0 Å². The number of benzene rings is 1. The number of nitriles is 1. The fourth-order valence-corrected chi connectivity index (χ4v) is 2.31. The van der Waals surface area contributed by atoms with Crippen LogP contribution < -0.4 is 0 Å². The maximum atomic E-state index is 11.1. The lowest BCUT2D eigenvalue weighted by Crippen LogP contribution is -2.27. The van der Waals surface area contributed by atoms with E-state index in [0.29, 0.717) is 5.56 Å². The molecule has 0 N–H and O–H groups in total. The summed E-state index contributed by atoms with van der Waals surface area (Å²) in [4.78, 5) is 11.1. The van der Waals surface area contributed by atoms with Crippen molar-refractivity contribution in [2.75, 3.05) is 0 Å². The van der Waals surface area contributed by atoms with Crippen molar-refractivity contribution in [2.24, 2.45) is 0 Å². The van der Waals surface area contributed by atoms with Crippen LogP contribution in [-0.4, -0.2) is 14.1 Å². The molecule has 1 unspecified atom stereocenters. The lowest BCUT2D eigenvalue weighted by molar-refractivity contribution is 0.101. The first-order valence-corrected chi connectivity index (χ1v) is 8.92. The summed E-state index contributed by atoms with van der Waals surface area (Å²) in [5.41, 5.74) is 1.46. The molecule has 0 aromatic heterocycles. The Balaban J connectivity index is 2.91. The highest BCUT2D eigenvalue weighted by molar-refractivity contribution is 6.69. The van der Waals surface area contributed by atoms with Gasteiger partial charge < -0.3 is 4.43 Å². The Morgan fingerprint density at radius 1 is 1.29 bits per heavy atom. The molecule has 1 rings (SSSR count). The molecule has 0 radical (unpaired) electrons. The molecule has 1 atom stereocenters. The zero-order valence-electron chi connectivity index (χ0n) is 10.7. The number of hydrogen-bond donors (Lipinski definition) is 0. The first-order chi connectivity index (χ1) is 7.83. The topological polar surface area (TPSA) is 50.1 Å². The smallest absolute Gasteiger partial charge is 0.186 e. The molecule has 0 aliphatic heterocycles. The zero-order valence-corrected chi connectivity index (χ0v) is 11.7. The molecule has 0 saturated heterocycles. The van der Waals surface area contributed by atoms with Gasteiger partial charge in [0.1, 0.15) is 0 Å². The second-order valence-electron chi connectivity index (χ2n) is 4.92. The largest absolute Gasteiger partial charge is 0.399 e. The second-order valence-corrected chi connectivity index (χ2v) is 9.38. The fourth-order valence-electron chi connectivity index (χ4n) is 1.42. The summed E-state index contributed by atoms with van der Waals surface area (Å²) in [6.45, 7) is 7.65. The van der Waals surface area contributed by atoms with Crippen LogP contribution in [0.4, 0.5) is 0 Å². The van der Waals surface area contributed by atoms with Gasteiger partial charge in [-0.3, -0.25) is 4.79 Å². The Labute approximate surface area is 103 Å². The molecule has 17 heavy (non-hydrogen) atoms. The van der Waals surface area contributed by atoms with Crippen molar-refractivity contribution in [3.05, 3.63) is 35.4 Å². The van der Waals surface area contributed by atoms with Gasteiger partial charge in [0.2, 0.25) is 0 Å². The highest BCUT2D eigenvalue weighted by atomic mass is 28.4. The molecule has 0 saturated carbocycles. The average Bonchev–Trinajstić information content (AvgIpc) is 2.25. The number of Topliss-reactive ketones (excluding diaryl/α,β-unsaturated/α-hetero) is 1. The third-order valence-corrected chi connectivity index (χ3v) is 3.15. The predicted octanol–water partition coefficient (Wildman–Crippen LogP) is 3.31. The first-order valence-electron chi connectivity index (χ1n) is 5.52. The SMILES string of the molecule is CC(=O)c1ccc(C(C#N)O[Si](C)(C)C)cc1. The van der Waals surface area contributed by atoms with E-state index in [1.807, 2.05) is 19.6 Å². The Hall–Kier alpha value is -1.44. The molecule has 0 spiro atoms. The van der Waals surface area contributed by atoms with Gasteiger partial charge in [0, 0.05) is 5.56 Å². The molecule has 0 amide bonds. The summed E-state index contributed by atoms with van der Waals surface area (Å²) < 4.78 is 5.77. The molecule has 0 aliphatic carbocycles. The van der Waals surface area contributed by atoms with E-state index in [2.05, 4.69) is 6.07 Å². The van der Waals surface area contributed by atoms with E-state index in [1.54, 1.807) is 24.3 Å². The molecule has 1 aromatic rings. The van der Waals surface area contributed by atoms with Gasteiger partial charge in [-0.1, -0.05) is 24.3 Å². The number of ketones is 1. The number of rotatable bonds is 4. The van der Waals surface area contributed by atoms with Crippen LogP contribution in [0.25, 0.3) is 0 Å². The van der Waals surface area contributed by atoms with Gasteiger partial charge >= 0.3 is 0 Å². The Bertz CT molecular complexity index is 440. The van der Waals surface area contributed by atoms with Crippen molar-refractivity contribution >= 4 is 14.1 Å². The van der Waals surface area contributed by atoms with E-state index < -0.39 is 14.4 Å². The van der Waals surface area contributed by atoms with Gasteiger partial charge in [-0.2, -0.15) is 5.26 Å². The second kappa shape index (κ2) is 5.26. The van der Waals surface area contributed by atoms with E-state index in [0.717, 1.165) is 5.56 Å². The van der Waals surface area contributed by atoms with Crippen molar-refractivity contribution in [1.82, 2.24) is 0 Å². The standard InChI is InChI=1S/C13H17NO2Si/c1-10(15)11-5-7-12(8-6-11)13(9-14)16-17(2,3)4/h5-8,13H,1-4H3. The Kier molecular flexibility index (Phi) is 4.21. The van der Waals surface area contributed by atoms with Crippen LogP contribution in [0.1, 0.15) is 28.9 Å². The Morgan fingerprint density at radius 3 is 2.18 bits per heavy atom. The number of hydrogen-bond acceptors (Lipinski definition) is 3. The molecule has 0 fully saturated rings. The lowest BCUT2D eigenvalue weighted by Gasteiger charge is -2.21. The van der Waals surface area contributed by atoms with E-state index in [4.69, 9.17) is 9.69 Å². The molecule has 90 valence electrons. The summed E-state index contributed by atoms with van der Waals surface area (Å²) in [6, 6.07) is 9.18. The highest BCUT2D eigenvalue weighted by Gasteiger charge is 2.22. The zero-order chi connectivity index (χ0) is 13.1. The van der Waals surface area contributed by atoms with Crippen molar-refractivity contribution in [1.29, 1.82) is 5.26 Å². The molecule has 0 bridgehead atoms. The van der Waals surface area contributed by atoms with Gasteiger partial charge in [0.05, 0.1) is 6.07 Å². The molecular formula is C13H17NO2Si. The summed E-state index contributed by atoms with van der Waals surface area (Å²) in [5, 5.41) is 9.10. The van der Waals surface area contributed by atoms with Crippen LogP contribution in [-0.2, 0) is 4.43 Å². The van der Waals surface area contributed by atoms with Crippen LogP contribution >= 0.6 is 0 Å². The summed E-state index contributed by atoms with van der Waals surface area (Å²) in [6.07, 6.45) is -0.539. The average molecular weight is 247 g/mol. The molecule has 3 nitrogen and oxygen atoms in total. The van der Waals surface area contributed by atoms with E-state index >= 15 is 0 Å². The van der Waals surface area contributed by atoms with Gasteiger partial charge in [-0.05, 0) is 32.1 Å². The monoisotopic (exact) mass is 247 g/mol. The van der Waals surface area contributed by atoms with Crippen LogP contribution in [0.15, 0.2) is 24.3 Å². The highest BCUT2D eigenvalue weighted by Crippen LogP contribution is 2.22. The van der Waals surface area contributed by atoms with E-state index in [-0.39, 0.29) is 5.78 Å². The minimum Gasteiger partial charge on any atom is -0.399 e. The van der Waals surface area contributed by atoms with Crippen molar-refractivity contribution in [3.63, 3.8) is 0 Å². The normalized spacial score (nSPS) is 12.9. The molecule has 1 aromatic carbocycles. The van der Waals surface area contributed by atoms with Crippen molar-refractivity contribution in [3.8, 4) is 6.07 Å². The number of carbonyl (C=O) groups is 1. The number of carbonyl (C=O) groups excluding carboxylic acids is 1. The first kappa shape index (κ1) is 13.6. The molecule has 4 heteroatoms. The number of nitrogens with zero attached hydrogens (tertiary/aromatic N) is 1. The maximum absolute atomic E-state index is 11.1. The van der Waals surface area contributed by atoms with Gasteiger partial charge in [-0.25, -0.2) is 0 Å². The quantitative estimate of drug-likeness (QED) is 0.606. The Morgan fingerprint density at radius 2 is 1.82 bits per heavy atom. The van der Waals surface area contributed by atoms with Crippen LogP contribution in [0.2, 0.25) is 19.6 Å². The van der Waals surface area contributed by atoms with E-state index in [9.17, 15) is 4.79 Å². The fraction of sp³-hybridized carbons (Fsp3) is 0.385. The molecular weight excluding hydrogens is 230 g/mol. The minimum atomic E-state index is -1.75. The molecule has 0 aliphatic rings. The minimum absolute atomic E-state index is 0.0242.